The third-order valence-electron chi connectivity index (χ3n) is 4.58. The van der Waals surface area contributed by atoms with Gasteiger partial charge in [-0.2, -0.15) is 0 Å². The van der Waals surface area contributed by atoms with Crippen molar-refractivity contribution >= 4 is 11.5 Å². The van der Waals surface area contributed by atoms with Crippen LogP contribution in [0.1, 0.15) is 17.2 Å². The molecular formula is C19H15N2O3+. The Balaban J connectivity index is 1.92. The van der Waals surface area contributed by atoms with Gasteiger partial charge in [0.1, 0.15) is 12.2 Å². The predicted molar refractivity (Wildman–Crippen MR) is 88.5 cm³/mol. The molecule has 5 heteroatoms. The van der Waals surface area contributed by atoms with Crippen LogP contribution in [0.4, 0.5) is 5.69 Å². The quantitative estimate of drug-likeness (QED) is 0.482. The van der Waals surface area contributed by atoms with Gasteiger partial charge in [0.25, 0.3) is 23.4 Å². The van der Waals surface area contributed by atoms with Crippen LogP contribution in [0.2, 0.25) is 0 Å². The molecule has 24 heavy (non-hydrogen) atoms. The number of allylic oxidation sites excluding steroid dienone is 1. The van der Waals surface area contributed by atoms with E-state index < -0.39 is 16.5 Å². The van der Waals surface area contributed by atoms with E-state index in [1.54, 1.807) is 18.2 Å². The average Bonchev–Trinajstić information content (AvgIpc) is 2.85. The van der Waals surface area contributed by atoms with Gasteiger partial charge in [0.2, 0.25) is 0 Å². The van der Waals surface area contributed by atoms with Gasteiger partial charge < -0.3 is 5.21 Å². The number of hydroxylamine groups is 3. The molecule has 0 aromatic heterocycles. The molecule has 0 saturated carbocycles. The summed E-state index contributed by atoms with van der Waals surface area (Å²) in [4.78, 5) is 24.6. The maximum Gasteiger partial charge on any atom is 0.293 e. The lowest BCUT2D eigenvalue weighted by Crippen LogP contribution is -2.39. The summed E-state index contributed by atoms with van der Waals surface area (Å²) in [6.45, 7) is 0. The first kappa shape index (κ1) is 14.7. The lowest BCUT2D eigenvalue weighted by Gasteiger charge is -2.41. The minimum absolute atomic E-state index is 0.0397. The van der Waals surface area contributed by atoms with Crippen LogP contribution in [0.15, 0.2) is 78.8 Å². The number of quaternary nitrogens is 1. The van der Waals surface area contributed by atoms with E-state index in [-0.39, 0.29) is 5.70 Å². The molecule has 2 heterocycles. The summed E-state index contributed by atoms with van der Waals surface area (Å²) in [5, 5.41) is 13.6. The monoisotopic (exact) mass is 319 g/mol. The Kier molecular flexibility index (Phi) is 3.26. The summed E-state index contributed by atoms with van der Waals surface area (Å²) in [6.07, 6.45) is 4.17. The standard InChI is InChI=1S/C19H15N2O3/c22-19-10-11-21(24)17(12-14-6-2-1-3-7-14)15-8-4-5-9-16(15)20(23)13-18(19)21/h1-11,13,17H,12H2/q+1. The highest BCUT2D eigenvalue weighted by Gasteiger charge is 2.47. The molecule has 2 aromatic rings. The van der Waals surface area contributed by atoms with Crippen molar-refractivity contribution in [3.8, 4) is 0 Å². The van der Waals surface area contributed by atoms with E-state index >= 15 is 0 Å². The molecule has 2 aromatic carbocycles. The van der Waals surface area contributed by atoms with Crippen molar-refractivity contribution in [3.05, 3.63) is 100 Å². The van der Waals surface area contributed by atoms with E-state index in [2.05, 4.69) is 0 Å². The minimum Gasteiger partial charge on any atom is -0.622 e. The first-order chi connectivity index (χ1) is 11.6. The van der Waals surface area contributed by atoms with E-state index in [0.717, 1.165) is 11.8 Å². The third-order valence-corrected chi connectivity index (χ3v) is 4.58. The van der Waals surface area contributed by atoms with Crippen LogP contribution in [-0.2, 0) is 11.2 Å². The molecule has 0 aliphatic carbocycles. The van der Waals surface area contributed by atoms with E-state index in [1.165, 1.54) is 12.3 Å². The number of hydrogen-bond acceptors (Lipinski definition) is 3. The largest absolute Gasteiger partial charge is 0.622 e. The van der Waals surface area contributed by atoms with Crippen molar-refractivity contribution < 1.29 is 14.2 Å². The predicted octanol–water partition coefficient (Wildman–Crippen LogP) is 3.65. The smallest absolute Gasteiger partial charge is 0.293 e. The maximum atomic E-state index is 13.6. The van der Waals surface area contributed by atoms with E-state index in [4.69, 9.17) is 0 Å². The summed E-state index contributed by atoms with van der Waals surface area (Å²) in [7, 11) is 0. The Labute approximate surface area is 138 Å². The fourth-order valence-electron chi connectivity index (χ4n) is 3.38. The van der Waals surface area contributed by atoms with Crippen LogP contribution < -0.4 is 0 Å². The molecule has 0 radical (unpaired) electrons. The number of nitrogens with zero attached hydrogens (tertiary/aromatic N) is 2. The zero-order chi connectivity index (χ0) is 16.7. The molecule has 2 aliphatic heterocycles. The number of carbonyl (C=O) groups is 1. The zero-order valence-corrected chi connectivity index (χ0v) is 12.8. The third kappa shape index (κ3) is 2.14. The van der Waals surface area contributed by atoms with Gasteiger partial charge in [0.05, 0.1) is 10.3 Å². The molecule has 0 spiro atoms. The second-order valence-corrected chi connectivity index (χ2v) is 5.99. The summed E-state index contributed by atoms with van der Waals surface area (Å²) in [6, 6.07) is 16.1. The molecule has 0 saturated heterocycles. The van der Waals surface area contributed by atoms with Crippen LogP contribution in [0.5, 0.6) is 0 Å². The fraction of sp³-hybridized carbons (Fsp3) is 0.105. The summed E-state index contributed by atoms with van der Waals surface area (Å²) in [5.74, 6) is -0.406. The molecule has 0 fully saturated rings. The van der Waals surface area contributed by atoms with Crippen molar-refractivity contribution in [2.24, 2.45) is 0 Å². The lowest BCUT2D eigenvalue weighted by atomic mass is 9.96. The van der Waals surface area contributed by atoms with Crippen LogP contribution in [0, 0.1) is 10.1 Å². The number of ketones is 1. The topological polar surface area (TPSA) is 60.2 Å². The number of rotatable bonds is 2. The molecular weight excluding hydrogens is 304 g/mol. The first-order valence-corrected chi connectivity index (χ1v) is 7.74. The van der Waals surface area contributed by atoms with Gasteiger partial charge in [-0.1, -0.05) is 42.5 Å². The highest BCUT2D eigenvalue weighted by atomic mass is 16.5. The molecule has 2 unspecified atom stereocenters. The molecule has 118 valence electrons. The van der Waals surface area contributed by atoms with Crippen LogP contribution in [0.25, 0.3) is 0 Å². The molecule has 0 bridgehead atoms. The molecule has 4 rings (SSSR count). The highest BCUT2D eigenvalue weighted by molar-refractivity contribution is 6.03. The number of para-hydroxylation sites is 1. The second kappa shape index (κ2) is 5.33. The van der Waals surface area contributed by atoms with Gasteiger partial charge in [-0.15, -0.1) is 0 Å². The number of carbonyl (C=O) groups excluding carboxylic acids is 1. The fourth-order valence-corrected chi connectivity index (χ4v) is 3.38. The highest BCUT2D eigenvalue weighted by Crippen LogP contribution is 2.45. The van der Waals surface area contributed by atoms with Gasteiger partial charge in [-0.25, -0.2) is 0 Å². The average molecular weight is 319 g/mol. The number of nitroso groups, excluding NO2 is 1. The van der Waals surface area contributed by atoms with Crippen molar-refractivity contribution in [2.45, 2.75) is 12.5 Å². The van der Waals surface area contributed by atoms with E-state index in [0.29, 0.717) is 22.4 Å². The minimum atomic E-state index is -0.927. The Bertz CT molecular complexity index is 902. The summed E-state index contributed by atoms with van der Waals surface area (Å²) < 4.78 is -0.297. The first-order valence-electron chi connectivity index (χ1n) is 7.74. The van der Waals surface area contributed by atoms with Crippen LogP contribution in [0.3, 0.4) is 0 Å². The van der Waals surface area contributed by atoms with Gasteiger partial charge in [-0.05, 0) is 11.6 Å². The number of fused-ring (bicyclic) bond motifs is 2. The van der Waals surface area contributed by atoms with Crippen molar-refractivity contribution in [2.75, 3.05) is 0 Å². The molecule has 2 atom stereocenters. The van der Waals surface area contributed by atoms with E-state index in [1.807, 2.05) is 36.4 Å². The van der Waals surface area contributed by atoms with Crippen molar-refractivity contribution in [3.63, 3.8) is 0 Å². The molecule has 0 amide bonds. The van der Waals surface area contributed by atoms with E-state index in [9.17, 15) is 14.9 Å². The maximum absolute atomic E-state index is 13.6. The van der Waals surface area contributed by atoms with Crippen LogP contribution in [-0.4, -0.2) is 15.2 Å². The lowest BCUT2D eigenvalue weighted by molar-refractivity contribution is -0.816. The van der Waals surface area contributed by atoms with Crippen molar-refractivity contribution in [1.82, 2.24) is 0 Å². The SMILES string of the molecule is O=C1C=C[N+]2([O-])C1=C[N+](=O)c1ccccc1C2Cc1ccccc1. The van der Waals surface area contributed by atoms with Gasteiger partial charge in [0, 0.05) is 23.5 Å². The Morgan fingerprint density at radius 3 is 2.54 bits per heavy atom. The Hall–Kier alpha value is -2.89. The Morgan fingerprint density at radius 1 is 1.04 bits per heavy atom. The van der Waals surface area contributed by atoms with Crippen molar-refractivity contribution in [1.29, 1.82) is 0 Å². The summed E-state index contributed by atoms with van der Waals surface area (Å²) in [5.41, 5.74) is 2.01. The number of benzene rings is 2. The molecule has 5 nitrogen and oxygen atoms in total. The second-order valence-electron chi connectivity index (χ2n) is 5.99. The molecule has 2 aliphatic rings. The van der Waals surface area contributed by atoms with Gasteiger partial charge >= 0.3 is 0 Å². The van der Waals surface area contributed by atoms with Crippen LogP contribution >= 0.6 is 0 Å². The zero-order valence-electron chi connectivity index (χ0n) is 12.8. The van der Waals surface area contributed by atoms with Gasteiger partial charge in [0.15, 0.2) is 0 Å². The van der Waals surface area contributed by atoms with Gasteiger partial charge in [-0.3, -0.25) is 9.44 Å². The summed E-state index contributed by atoms with van der Waals surface area (Å²) >= 11 is 0. The molecule has 0 N–H and O–H groups in total. The number of hydrogen-bond donors (Lipinski definition) is 0. The normalized spacial score (nSPS) is 25.0. The Morgan fingerprint density at radius 2 is 1.75 bits per heavy atom.